The first-order valence-electron chi connectivity index (χ1n) is 10.1. The first kappa shape index (κ1) is 23.8. The van der Waals surface area contributed by atoms with Crippen LogP contribution in [0.5, 0.6) is 0 Å². The highest BCUT2D eigenvalue weighted by atomic mass is 127. The Morgan fingerprint density at radius 2 is 1.87 bits per heavy atom. The smallest absolute Gasteiger partial charge is 0.276 e. The summed E-state index contributed by atoms with van der Waals surface area (Å²) in [6, 6.07) is 14.0. The Balaban J connectivity index is 0.00000320. The van der Waals surface area contributed by atoms with Crippen molar-refractivity contribution in [3.8, 4) is 11.6 Å². The van der Waals surface area contributed by atoms with Crippen molar-refractivity contribution in [2.24, 2.45) is 4.99 Å². The molecule has 0 aliphatic heterocycles. The molecule has 0 aliphatic carbocycles. The molecule has 0 bridgehead atoms. The van der Waals surface area contributed by atoms with Crippen molar-refractivity contribution in [1.29, 1.82) is 0 Å². The summed E-state index contributed by atoms with van der Waals surface area (Å²) in [5.74, 6) is 1.88. The molecule has 30 heavy (non-hydrogen) atoms. The largest absolute Gasteiger partial charge is 0.356 e. The molecule has 8 heteroatoms. The number of hydrogen-bond donors (Lipinski definition) is 2. The quantitative estimate of drug-likeness (QED) is 0.191. The van der Waals surface area contributed by atoms with Gasteiger partial charge in [0.25, 0.3) is 5.89 Å². The fourth-order valence-corrected chi connectivity index (χ4v) is 2.66. The van der Waals surface area contributed by atoms with E-state index in [9.17, 15) is 0 Å². The van der Waals surface area contributed by atoms with E-state index in [4.69, 9.17) is 9.52 Å². The molecule has 0 radical (unpaired) electrons. The van der Waals surface area contributed by atoms with Crippen LogP contribution in [-0.4, -0.2) is 34.2 Å². The van der Waals surface area contributed by atoms with E-state index in [1.54, 1.807) is 6.20 Å². The summed E-state index contributed by atoms with van der Waals surface area (Å²) >= 11 is 0. The maximum absolute atomic E-state index is 5.31. The van der Waals surface area contributed by atoms with Crippen LogP contribution in [0.3, 0.4) is 0 Å². The zero-order chi connectivity index (χ0) is 20.3. The average Bonchev–Trinajstić information content (AvgIpc) is 3.22. The number of hydrogen-bond acceptors (Lipinski definition) is 5. The SMILES string of the molecule is CCCCNC(=NCc1ccc(C)cc1)NCCc1noc(-c2ccccn2)n1.I. The first-order valence-corrected chi connectivity index (χ1v) is 10.1. The first-order chi connectivity index (χ1) is 14.2. The zero-order valence-electron chi connectivity index (χ0n) is 17.5. The Bertz CT molecular complexity index is 896. The zero-order valence-corrected chi connectivity index (χ0v) is 19.8. The van der Waals surface area contributed by atoms with Crippen LogP contribution in [0, 0.1) is 6.92 Å². The van der Waals surface area contributed by atoms with Gasteiger partial charge < -0.3 is 15.2 Å². The third kappa shape index (κ3) is 7.74. The number of aliphatic imine (C=N–C) groups is 1. The van der Waals surface area contributed by atoms with Crippen molar-refractivity contribution >= 4 is 29.9 Å². The molecular weight excluding hydrogens is 491 g/mol. The molecule has 0 aliphatic rings. The van der Waals surface area contributed by atoms with Gasteiger partial charge in [0.05, 0.1) is 6.54 Å². The number of nitrogens with zero attached hydrogens (tertiary/aromatic N) is 4. The predicted octanol–water partition coefficient (Wildman–Crippen LogP) is 4.14. The fourth-order valence-electron chi connectivity index (χ4n) is 2.66. The van der Waals surface area contributed by atoms with Gasteiger partial charge in [-0.15, -0.1) is 24.0 Å². The molecule has 0 fully saturated rings. The summed E-state index contributed by atoms with van der Waals surface area (Å²) in [4.78, 5) is 13.3. The van der Waals surface area contributed by atoms with E-state index in [0.717, 1.165) is 25.3 Å². The van der Waals surface area contributed by atoms with Gasteiger partial charge in [0, 0.05) is 25.7 Å². The molecule has 0 saturated heterocycles. The molecule has 3 rings (SSSR count). The summed E-state index contributed by atoms with van der Waals surface area (Å²) < 4.78 is 5.31. The lowest BCUT2D eigenvalue weighted by molar-refractivity contribution is 0.421. The number of rotatable bonds is 9. The maximum Gasteiger partial charge on any atom is 0.276 e. The number of halogens is 1. The minimum absolute atomic E-state index is 0. The lowest BCUT2D eigenvalue weighted by Gasteiger charge is -2.12. The molecule has 3 aromatic rings. The monoisotopic (exact) mass is 520 g/mol. The van der Waals surface area contributed by atoms with E-state index in [1.807, 2.05) is 18.2 Å². The molecule has 2 N–H and O–H groups in total. The number of nitrogens with one attached hydrogen (secondary N) is 2. The Kier molecular flexibility index (Phi) is 10.3. The van der Waals surface area contributed by atoms with Crippen LogP contribution in [-0.2, 0) is 13.0 Å². The lowest BCUT2D eigenvalue weighted by atomic mass is 10.1. The number of aryl methyl sites for hydroxylation is 1. The number of benzene rings is 1. The van der Waals surface area contributed by atoms with Gasteiger partial charge in [-0.25, -0.2) is 4.99 Å². The standard InChI is InChI=1S/C22H28N6O.HI/c1-3-4-13-24-22(26-16-18-10-8-17(2)9-11-18)25-15-12-20-27-21(29-28-20)19-7-5-6-14-23-19;/h5-11,14H,3-4,12-13,15-16H2,1-2H3,(H2,24,25,26);1H. The minimum Gasteiger partial charge on any atom is -0.356 e. The van der Waals surface area contributed by atoms with Crippen molar-refractivity contribution in [2.45, 2.75) is 39.7 Å². The Morgan fingerprint density at radius 1 is 1.07 bits per heavy atom. The van der Waals surface area contributed by atoms with Crippen molar-refractivity contribution in [3.05, 3.63) is 65.6 Å². The Labute approximate surface area is 194 Å². The van der Waals surface area contributed by atoms with E-state index >= 15 is 0 Å². The van der Waals surface area contributed by atoms with Crippen molar-refractivity contribution in [3.63, 3.8) is 0 Å². The summed E-state index contributed by atoms with van der Waals surface area (Å²) in [6.45, 7) is 6.44. The molecule has 0 saturated carbocycles. The van der Waals surface area contributed by atoms with Crippen molar-refractivity contribution < 1.29 is 4.52 Å². The molecule has 0 spiro atoms. The van der Waals surface area contributed by atoms with Gasteiger partial charge >= 0.3 is 0 Å². The Hall–Kier alpha value is -2.49. The highest BCUT2D eigenvalue weighted by molar-refractivity contribution is 14.0. The van der Waals surface area contributed by atoms with Crippen LogP contribution in [0.15, 0.2) is 58.2 Å². The molecule has 2 aromatic heterocycles. The average molecular weight is 520 g/mol. The number of unbranched alkanes of at least 4 members (excludes halogenated alkanes) is 1. The van der Waals surface area contributed by atoms with Gasteiger partial charge in [-0.3, -0.25) is 4.98 Å². The normalized spacial score (nSPS) is 11.1. The van der Waals surface area contributed by atoms with E-state index < -0.39 is 0 Å². The van der Waals surface area contributed by atoms with Crippen LogP contribution in [0.4, 0.5) is 0 Å². The van der Waals surface area contributed by atoms with Gasteiger partial charge in [0.1, 0.15) is 5.69 Å². The number of aromatic nitrogens is 3. The summed E-state index contributed by atoms with van der Waals surface area (Å²) in [7, 11) is 0. The second kappa shape index (κ2) is 12.9. The maximum atomic E-state index is 5.31. The predicted molar refractivity (Wildman–Crippen MR) is 130 cm³/mol. The van der Waals surface area contributed by atoms with Crippen molar-refractivity contribution in [2.75, 3.05) is 13.1 Å². The van der Waals surface area contributed by atoms with E-state index in [1.165, 1.54) is 11.1 Å². The Morgan fingerprint density at radius 3 is 2.60 bits per heavy atom. The summed E-state index contributed by atoms with van der Waals surface area (Å²) in [5.41, 5.74) is 3.12. The van der Waals surface area contributed by atoms with E-state index in [-0.39, 0.29) is 24.0 Å². The molecular formula is C22H29IN6O. The minimum atomic E-state index is 0. The van der Waals surface area contributed by atoms with Gasteiger partial charge in [-0.2, -0.15) is 4.98 Å². The van der Waals surface area contributed by atoms with Gasteiger partial charge in [-0.05, 0) is 31.0 Å². The molecule has 160 valence electrons. The number of guanidine groups is 1. The van der Waals surface area contributed by atoms with Crippen LogP contribution in [0.2, 0.25) is 0 Å². The molecule has 1 aromatic carbocycles. The second-order valence-electron chi connectivity index (χ2n) is 6.84. The molecule has 0 unspecified atom stereocenters. The van der Waals surface area contributed by atoms with Gasteiger partial charge in [0.2, 0.25) is 0 Å². The lowest BCUT2D eigenvalue weighted by Crippen LogP contribution is -2.39. The molecule has 7 nitrogen and oxygen atoms in total. The van der Waals surface area contributed by atoms with E-state index in [0.29, 0.717) is 36.9 Å². The fraction of sp³-hybridized carbons (Fsp3) is 0.364. The van der Waals surface area contributed by atoms with E-state index in [2.05, 4.69) is 63.9 Å². The van der Waals surface area contributed by atoms with Crippen LogP contribution in [0.25, 0.3) is 11.6 Å². The highest BCUT2D eigenvalue weighted by Crippen LogP contribution is 2.13. The summed E-state index contributed by atoms with van der Waals surface area (Å²) in [5, 5.41) is 10.8. The highest BCUT2D eigenvalue weighted by Gasteiger charge is 2.09. The second-order valence-corrected chi connectivity index (χ2v) is 6.84. The van der Waals surface area contributed by atoms with Crippen molar-refractivity contribution in [1.82, 2.24) is 25.8 Å². The molecule has 0 amide bonds. The van der Waals surface area contributed by atoms with Crippen LogP contribution < -0.4 is 10.6 Å². The third-order valence-corrected chi connectivity index (χ3v) is 4.36. The van der Waals surface area contributed by atoms with Gasteiger partial charge in [0.15, 0.2) is 11.8 Å². The molecule has 2 heterocycles. The van der Waals surface area contributed by atoms with Crippen LogP contribution in [0.1, 0.15) is 36.7 Å². The van der Waals surface area contributed by atoms with Gasteiger partial charge in [-0.1, -0.05) is 54.4 Å². The third-order valence-electron chi connectivity index (χ3n) is 4.36. The topological polar surface area (TPSA) is 88.2 Å². The van der Waals surface area contributed by atoms with Crippen LogP contribution >= 0.6 is 24.0 Å². The summed E-state index contributed by atoms with van der Waals surface area (Å²) in [6.07, 6.45) is 4.58. The molecule has 0 atom stereocenters. The number of pyridine rings is 1.